The molecular formula is C13H13N5. The van der Waals surface area contributed by atoms with Crippen LogP contribution < -0.4 is 5.32 Å². The number of anilines is 1. The van der Waals surface area contributed by atoms with Gasteiger partial charge in [-0.25, -0.2) is 4.98 Å². The molecule has 0 amide bonds. The number of nitrogens with one attached hydrogen (secondary N) is 2. The first-order chi connectivity index (χ1) is 8.84. The predicted molar refractivity (Wildman–Crippen MR) is 70.2 cm³/mol. The van der Waals surface area contributed by atoms with Crippen molar-refractivity contribution in [3.63, 3.8) is 0 Å². The van der Waals surface area contributed by atoms with Gasteiger partial charge in [-0.05, 0) is 6.92 Å². The van der Waals surface area contributed by atoms with E-state index in [1.54, 1.807) is 12.5 Å². The third-order valence-corrected chi connectivity index (χ3v) is 2.87. The van der Waals surface area contributed by atoms with Crippen molar-refractivity contribution in [3.05, 3.63) is 48.2 Å². The predicted octanol–water partition coefficient (Wildman–Crippen LogP) is 2.27. The fourth-order valence-corrected chi connectivity index (χ4v) is 1.93. The molecule has 2 heterocycles. The molecule has 0 saturated carbocycles. The van der Waals surface area contributed by atoms with Gasteiger partial charge in [-0.15, -0.1) is 5.10 Å². The molecule has 2 aromatic heterocycles. The highest BCUT2D eigenvalue weighted by Gasteiger charge is 2.05. The van der Waals surface area contributed by atoms with Gasteiger partial charge in [0.25, 0.3) is 0 Å². The van der Waals surface area contributed by atoms with Crippen LogP contribution in [0.1, 0.15) is 11.4 Å². The summed E-state index contributed by atoms with van der Waals surface area (Å²) in [6, 6.07) is 8.12. The van der Waals surface area contributed by atoms with E-state index in [1.165, 1.54) is 0 Å². The van der Waals surface area contributed by atoms with E-state index in [2.05, 4.69) is 31.5 Å². The van der Waals surface area contributed by atoms with Crippen LogP contribution in [-0.4, -0.2) is 20.2 Å². The van der Waals surface area contributed by atoms with Crippen molar-refractivity contribution in [2.45, 2.75) is 13.5 Å². The molecule has 0 bridgehead atoms. The second-order valence-corrected chi connectivity index (χ2v) is 4.11. The summed E-state index contributed by atoms with van der Waals surface area (Å²) in [4.78, 5) is 7.02. The van der Waals surface area contributed by atoms with Crippen molar-refractivity contribution in [1.82, 2.24) is 20.2 Å². The standard InChI is InChI=1S/C13H13N5/c1-9-11-4-2-3-5-12(11)13(18-17-9)15-7-10-6-14-8-16-10/h2-6,8H,7H2,1H3,(H,14,16)(H,15,18). The SMILES string of the molecule is Cc1nnc(NCc2cnc[nH]2)c2ccccc12. The van der Waals surface area contributed by atoms with E-state index in [0.717, 1.165) is 28.0 Å². The summed E-state index contributed by atoms with van der Waals surface area (Å²) in [7, 11) is 0. The molecule has 0 aliphatic carbocycles. The van der Waals surface area contributed by atoms with E-state index in [4.69, 9.17) is 0 Å². The van der Waals surface area contributed by atoms with Crippen molar-refractivity contribution >= 4 is 16.6 Å². The molecule has 0 aliphatic rings. The van der Waals surface area contributed by atoms with Gasteiger partial charge in [-0.3, -0.25) is 0 Å². The number of fused-ring (bicyclic) bond motifs is 1. The molecule has 1 aromatic carbocycles. The molecule has 90 valence electrons. The zero-order valence-electron chi connectivity index (χ0n) is 10.0. The van der Waals surface area contributed by atoms with Crippen LogP contribution in [-0.2, 0) is 6.54 Å². The van der Waals surface area contributed by atoms with Gasteiger partial charge < -0.3 is 10.3 Å². The van der Waals surface area contributed by atoms with Crippen LogP contribution >= 0.6 is 0 Å². The topological polar surface area (TPSA) is 66.5 Å². The smallest absolute Gasteiger partial charge is 0.156 e. The van der Waals surface area contributed by atoms with Crippen LogP contribution in [0.5, 0.6) is 0 Å². The largest absolute Gasteiger partial charge is 0.362 e. The zero-order chi connectivity index (χ0) is 12.4. The Morgan fingerprint density at radius 2 is 2.00 bits per heavy atom. The quantitative estimate of drug-likeness (QED) is 0.735. The molecule has 5 heteroatoms. The van der Waals surface area contributed by atoms with Crippen molar-refractivity contribution in [2.75, 3.05) is 5.32 Å². The summed E-state index contributed by atoms with van der Waals surface area (Å²) in [5.41, 5.74) is 1.96. The van der Waals surface area contributed by atoms with E-state index < -0.39 is 0 Å². The lowest BCUT2D eigenvalue weighted by atomic mass is 10.1. The Labute approximate surface area is 104 Å². The van der Waals surface area contributed by atoms with Crippen LogP contribution in [0.4, 0.5) is 5.82 Å². The lowest BCUT2D eigenvalue weighted by molar-refractivity contribution is 0.973. The average molecular weight is 239 g/mol. The van der Waals surface area contributed by atoms with E-state index in [-0.39, 0.29) is 0 Å². The minimum atomic E-state index is 0.654. The Kier molecular flexibility index (Phi) is 2.64. The van der Waals surface area contributed by atoms with E-state index in [0.29, 0.717) is 6.54 Å². The molecule has 18 heavy (non-hydrogen) atoms. The van der Waals surface area contributed by atoms with Crippen LogP contribution in [0.15, 0.2) is 36.8 Å². The number of aromatic nitrogens is 4. The Bertz CT molecular complexity index is 660. The number of nitrogens with zero attached hydrogens (tertiary/aromatic N) is 3. The Hall–Kier alpha value is -2.43. The molecule has 0 radical (unpaired) electrons. The number of rotatable bonds is 3. The lowest BCUT2D eigenvalue weighted by Crippen LogP contribution is -2.04. The van der Waals surface area contributed by atoms with E-state index in [1.807, 2.05) is 25.1 Å². The Morgan fingerprint density at radius 3 is 2.78 bits per heavy atom. The molecule has 5 nitrogen and oxygen atoms in total. The normalized spacial score (nSPS) is 10.7. The molecule has 2 N–H and O–H groups in total. The number of benzene rings is 1. The van der Waals surface area contributed by atoms with Crippen LogP contribution in [0.3, 0.4) is 0 Å². The number of aromatic amines is 1. The molecule has 0 saturated heterocycles. The highest BCUT2D eigenvalue weighted by molar-refractivity contribution is 5.92. The van der Waals surface area contributed by atoms with Gasteiger partial charge >= 0.3 is 0 Å². The minimum Gasteiger partial charge on any atom is -0.362 e. The van der Waals surface area contributed by atoms with Crippen LogP contribution in [0.25, 0.3) is 10.8 Å². The second kappa shape index (κ2) is 4.44. The van der Waals surface area contributed by atoms with Gasteiger partial charge in [0.15, 0.2) is 5.82 Å². The van der Waals surface area contributed by atoms with Crippen molar-refractivity contribution in [2.24, 2.45) is 0 Å². The van der Waals surface area contributed by atoms with Gasteiger partial charge in [0, 0.05) is 17.0 Å². The molecule has 0 spiro atoms. The third kappa shape index (κ3) is 1.90. The summed E-state index contributed by atoms with van der Waals surface area (Å²) < 4.78 is 0. The first kappa shape index (κ1) is 10.7. The molecule has 0 unspecified atom stereocenters. The summed E-state index contributed by atoms with van der Waals surface area (Å²) in [5.74, 6) is 0.797. The molecule has 0 aliphatic heterocycles. The third-order valence-electron chi connectivity index (χ3n) is 2.87. The molecule has 3 rings (SSSR count). The second-order valence-electron chi connectivity index (χ2n) is 4.11. The van der Waals surface area contributed by atoms with Crippen molar-refractivity contribution < 1.29 is 0 Å². The van der Waals surface area contributed by atoms with Gasteiger partial charge in [0.1, 0.15) is 0 Å². The summed E-state index contributed by atoms with van der Waals surface area (Å²) in [6.45, 7) is 2.62. The van der Waals surface area contributed by atoms with Crippen LogP contribution in [0.2, 0.25) is 0 Å². The number of hydrogen-bond acceptors (Lipinski definition) is 4. The van der Waals surface area contributed by atoms with Crippen LogP contribution in [0, 0.1) is 6.92 Å². The molecular weight excluding hydrogens is 226 g/mol. The maximum absolute atomic E-state index is 4.21. The van der Waals surface area contributed by atoms with Crippen molar-refractivity contribution in [1.29, 1.82) is 0 Å². The average Bonchev–Trinajstić information content (AvgIpc) is 2.92. The van der Waals surface area contributed by atoms with Gasteiger partial charge in [0.05, 0.1) is 24.3 Å². The maximum Gasteiger partial charge on any atom is 0.156 e. The molecule has 3 aromatic rings. The Morgan fingerprint density at radius 1 is 1.17 bits per heavy atom. The maximum atomic E-state index is 4.21. The summed E-state index contributed by atoms with van der Waals surface area (Å²) in [6.07, 6.45) is 3.45. The lowest BCUT2D eigenvalue weighted by Gasteiger charge is -2.08. The monoisotopic (exact) mass is 239 g/mol. The van der Waals surface area contributed by atoms with Gasteiger partial charge in [-0.1, -0.05) is 24.3 Å². The summed E-state index contributed by atoms with van der Waals surface area (Å²) in [5, 5.41) is 13.9. The highest BCUT2D eigenvalue weighted by atomic mass is 15.2. The molecule has 0 fully saturated rings. The first-order valence-electron chi connectivity index (χ1n) is 5.78. The highest BCUT2D eigenvalue weighted by Crippen LogP contribution is 2.22. The van der Waals surface area contributed by atoms with E-state index >= 15 is 0 Å². The van der Waals surface area contributed by atoms with Crippen molar-refractivity contribution in [3.8, 4) is 0 Å². The van der Waals surface area contributed by atoms with Gasteiger partial charge in [0.2, 0.25) is 0 Å². The number of aryl methyl sites for hydroxylation is 1. The fraction of sp³-hybridized carbons (Fsp3) is 0.154. The number of H-pyrrole nitrogens is 1. The zero-order valence-corrected chi connectivity index (χ0v) is 10.0. The number of hydrogen-bond donors (Lipinski definition) is 2. The fourth-order valence-electron chi connectivity index (χ4n) is 1.93. The Balaban J connectivity index is 1.94. The summed E-state index contributed by atoms with van der Waals surface area (Å²) >= 11 is 0. The molecule has 0 atom stereocenters. The van der Waals surface area contributed by atoms with E-state index in [9.17, 15) is 0 Å². The van der Waals surface area contributed by atoms with Gasteiger partial charge in [-0.2, -0.15) is 5.10 Å². The number of imidazole rings is 1. The first-order valence-corrected chi connectivity index (χ1v) is 5.78. The minimum absolute atomic E-state index is 0.654.